The molecule has 452 valence electrons. The van der Waals surface area contributed by atoms with Crippen molar-refractivity contribution in [1.29, 1.82) is 0 Å². The number of hydrogen-bond acceptors (Lipinski definition) is 3. The van der Waals surface area contributed by atoms with Crippen molar-refractivity contribution in [1.82, 2.24) is 8.75 Å². The Kier molecular flexibility index (Phi) is 13.9. The standard InChI is InChI=1S/C90H76N2S/c1-10-11-14-60-31-42-70-74-46-40-67(54-82(74)88(4,5)78(70)49-60)68-41-48-76-72-44-33-62(51-80(72)90(8,9)84(76)55-68)28-26-57-19-23-59(24-20-57)30-35-64-37-36-63(85-86(64)92-93-91-85)34-29-58-21-17-56(18-22-58)25-27-61-32-43-71-75-47-39-66(53-83(75)89(6,7)79(71)50-61)65-38-45-73-69-15-12-13-16-77(69)87(2,3)81(73)52-65/h12-13,15-55H,10-11,14H2,1-9H3/b27-25+,28-26+,34-29+,35-30+. The topological polar surface area (TPSA) is 25.8 Å². The SMILES string of the molecule is CCCCc1ccc2c(c1)C(C)(C)c1cc(-c3ccc4c(c3)C(C)(C)c3cc(/C=C/c5ccc(/C=C/c6ccc(/C=C/c7ccc(/C=C/c8ccc9c(c8)C(C)(C)c8cc(-c%10ccc%11c(c%10)C(C)(C)c%10ccccc%10-%11)ccc8-9)cc7)c7nsnc67)cc5)ccc3-4)ccc1-2. The highest BCUT2D eigenvalue weighted by atomic mass is 32.1. The summed E-state index contributed by atoms with van der Waals surface area (Å²) in [4.78, 5) is 0. The summed E-state index contributed by atoms with van der Waals surface area (Å²) in [6.07, 6.45) is 21.2. The molecule has 0 amide bonds. The molecular weight excluding hydrogens is 1140 g/mol. The fourth-order valence-corrected chi connectivity index (χ4v) is 16.4. The molecule has 0 radical (unpaired) electrons. The van der Waals surface area contributed by atoms with Crippen LogP contribution in [-0.2, 0) is 28.1 Å². The predicted molar refractivity (Wildman–Crippen MR) is 399 cm³/mol. The summed E-state index contributed by atoms with van der Waals surface area (Å²) in [6.45, 7) is 21.3. The Bertz CT molecular complexity index is 5160. The molecule has 0 N–H and O–H groups in total. The maximum absolute atomic E-state index is 4.76. The normalized spacial score (nSPS) is 15.5. The van der Waals surface area contributed by atoms with E-state index in [0.717, 1.165) is 50.8 Å². The van der Waals surface area contributed by atoms with Crippen LogP contribution in [0.1, 0.15) is 170 Å². The molecule has 2 nitrogen and oxygen atoms in total. The van der Waals surface area contributed by atoms with E-state index in [1.54, 1.807) is 0 Å². The number of nitrogens with zero attached hydrogens (tertiary/aromatic N) is 2. The number of benzene rings is 11. The van der Waals surface area contributed by atoms with Gasteiger partial charge in [0.25, 0.3) is 0 Å². The number of fused-ring (bicyclic) bond motifs is 13. The van der Waals surface area contributed by atoms with Gasteiger partial charge in [-0.3, -0.25) is 0 Å². The van der Waals surface area contributed by atoms with Crippen molar-refractivity contribution in [2.24, 2.45) is 0 Å². The van der Waals surface area contributed by atoms with Crippen molar-refractivity contribution in [3.8, 4) is 66.8 Å². The minimum absolute atomic E-state index is 0.0278. The van der Waals surface area contributed by atoms with Gasteiger partial charge in [0.1, 0.15) is 11.0 Å². The van der Waals surface area contributed by atoms with E-state index in [1.807, 2.05) is 0 Å². The van der Waals surface area contributed by atoms with E-state index in [-0.39, 0.29) is 21.7 Å². The second kappa shape index (κ2) is 22.2. The molecule has 16 rings (SSSR count). The first kappa shape index (κ1) is 58.3. The fraction of sp³-hybridized carbons (Fsp3) is 0.178. The van der Waals surface area contributed by atoms with Crippen molar-refractivity contribution in [2.45, 2.75) is 103 Å². The molecule has 1 heterocycles. The molecule has 0 spiro atoms. The Labute approximate surface area is 553 Å². The molecule has 0 atom stereocenters. The lowest BCUT2D eigenvalue weighted by atomic mass is 9.80. The van der Waals surface area contributed by atoms with E-state index in [2.05, 4.69) is 323 Å². The molecule has 0 fully saturated rings. The molecule has 0 saturated carbocycles. The first-order valence-corrected chi connectivity index (χ1v) is 34.0. The van der Waals surface area contributed by atoms with Gasteiger partial charge >= 0.3 is 0 Å². The highest BCUT2D eigenvalue weighted by Crippen LogP contribution is 2.55. The highest BCUT2D eigenvalue weighted by molar-refractivity contribution is 7.00. The Morgan fingerprint density at radius 2 is 0.591 bits per heavy atom. The lowest BCUT2D eigenvalue weighted by molar-refractivity contribution is 0.658. The Hall–Kier alpha value is -9.80. The minimum atomic E-state index is -0.132. The van der Waals surface area contributed by atoms with E-state index < -0.39 is 0 Å². The van der Waals surface area contributed by atoms with Crippen molar-refractivity contribution in [3.63, 3.8) is 0 Å². The van der Waals surface area contributed by atoms with Crippen LogP contribution in [0, 0.1) is 0 Å². The summed E-state index contributed by atoms with van der Waals surface area (Å²) in [7, 11) is 0. The summed E-state index contributed by atoms with van der Waals surface area (Å²) in [6, 6.07) is 80.4. The first-order valence-electron chi connectivity index (χ1n) is 33.3. The van der Waals surface area contributed by atoms with Crippen molar-refractivity contribution >= 4 is 71.4 Å². The van der Waals surface area contributed by atoms with Gasteiger partial charge in [0, 0.05) is 32.8 Å². The maximum Gasteiger partial charge on any atom is 0.112 e. The average molecular weight is 1220 g/mol. The lowest BCUT2D eigenvalue weighted by Crippen LogP contribution is -2.16. The molecule has 4 aliphatic rings. The summed E-state index contributed by atoms with van der Waals surface area (Å²) in [5.41, 5.74) is 39.3. The van der Waals surface area contributed by atoms with Gasteiger partial charge < -0.3 is 0 Å². The number of aryl methyl sites for hydroxylation is 1. The fourth-order valence-electron chi connectivity index (χ4n) is 15.8. The van der Waals surface area contributed by atoms with Crippen molar-refractivity contribution < 1.29 is 0 Å². The van der Waals surface area contributed by atoms with Crippen LogP contribution in [0.4, 0.5) is 0 Å². The quantitative estimate of drug-likeness (QED) is 0.108. The van der Waals surface area contributed by atoms with Gasteiger partial charge in [-0.25, -0.2) is 0 Å². The van der Waals surface area contributed by atoms with Gasteiger partial charge in [-0.2, -0.15) is 8.75 Å². The Morgan fingerprint density at radius 3 is 0.989 bits per heavy atom. The smallest absolute Gasteiger partial charge is 0.112 e. The maximum atomic E-state index is 4.76. The van der Waals surface area contributed by atoms with Gasteiger partial charge in [-0.1, -0.05) is 305 Å². The van der Waals surface area contributed by atoms with E-state index in [4.69, 9.17) is 8.75 Å². The van der Waals surface area contributed by atoms with Crippen LogP contribution in [0.25, 0.3) is 126 Å². The Morgan fingerprint density at radius 1 is 0.290 bits per heavy atom. The van der Waals surface area contributed by atoms with Crippen LogP contribution in [0.15, 0.2) is 212 Å². The zero-order valence-corrected chi connectivity index (χ0v) is 55.6. The first-order chi connectivity index (χ1) is 45.0. The minimum Gasteiger partial charge on any atom is -0.172 e. The Balaban J connectivity index is 0.550. The zero-order chi connectivity index (χ0) is 63.5. The molecule has 11 aromatic carbocycles. The van der Waals surface area contributed by atoms with Crippen LogP contribution >= 0.6 is 11.7 Å². The van der Waals surface area contributed by atoms with E-state index >= 15 is 0 Å². The highest BCUT2D eigenvalue weighted by Gasteiger charge is 2.40. The third-order valence-corrected chi connectivity index (χ3v) is 21.9. The largest absolute Gasteiger partial charge is 0.172 e. The number of aromatic nitrogens is 2. The molecule has 1 aromatic heterocycles. The van der Waals surface area contributed by atoms with Crippen LogP contribution in [0.5, 0.6) is 0 Å². The molecule has 0 unspecified atom stereocenters. The van der Waals surface area contributed by atoms with E-state index in [0.29, 0.717) is 0 Å². The average Bonchev–Trinajstić information content (AvgIpc) is 1.60. The summed E-state index contributed by atoms with van der Waals surface area (Å²) >= 11 is 1.26. The van der Waals surface area contributed by atoms with Gasteiger partial charge in [-0.05, 0) is 187 Å². The third kappa shape index (κ3) is 9.89. The predicted octanol–water partition coefficient (Wildman–Crippen LogP) is 24.3. The number of rotatable bonds is 13. The second-order valence-electron chi connectivity index (χ2n) is 28.6. The van der Waals surface area contributed by atoms with E-state index in [9.17, 15) is 0 Å². The number of unbranched alkanes of at least 4 members (excludes halogenated alkanes) is 1. The summed E-state index contributed by atoms with van der Waals surface area (Å²) in [5.74, 6) is 0. The van der Waals surface area contributed by atoms with Crippen LogP contribution in [-0.4, -0.2) is 8.75 Å². The van der Waals surface area contributed by atoms with Crippen LogP contribution in [0.3, 0.4) is 0 Å². The number of hydrogen-bond donors (Lipinski definition) is 0. The van der Waals surface area contributed by atoms with Crippen LogP contribution < -0.4 is 0 Å². The van der Waals surface area contributed by atoms with Crippen molar-refractivity contribution in [3.05, 3.63) is 307 Å². The third-order valence-electron chi connectivity index (χ3n) is 21.4. The van der Waals surface area contributed by atoms with E-state index in [1.165, 1.54) is 153 Å². The molecule has 93 heavy (non-hydrogen) atoms. The lowest BCUT2D eigenvalue weighted by Gasteiger charge is -2.23. The van der Waals surface area contributed by atoms with Gasteiger partial charge in [0.05, 0.1) is 11.7 Å². The molecule has 0 aliphatic heterocycles. The van der Waals surface area contributed by atoms with Crippen LogP contribution in [0.2, 0.25) is 0 Å². The molecule has 3 heteroatoms. The van der Waals surface area contributed by atoms with Gasteiger partial charge in [0.2, 0.25) is 0 Å². The molecular formula is C90H76N2S. The van der Waals surface area contributed by atoms with Gasteiger partial charge in [-0.15, -0.1) is 0 Å². The van der Waals surface area contributed by atoms with Crippen molar-refractivity contribution in [2.75, 3.05) is 0 Å². The molecule has 4 aliphatic carbocycles. The monoisotopic (exact) mass is 1220 g/mol. The summed E-state index contributed by atoms with van der Waals surface area (Å²) < 4.78 is 9.52. The molecule has 12 aromatic rings. The second-order valence-corrected chi connectivity index (χ2v) is 29.1. The summed E-state index contributed by atoms with van der Waals surface area (Å²) in [5, 5.41) is 0. The zero-order valence-electron chi connectivity index (χ0n) is 54.8. The molecule has 0 bridgehead atoms. The van der Waals surface area contributed by atoms with Gasteiger partial charge in [0.15, 0.2) is 0 Å². The molecule has 0 saturated heterocycles.